The fraction of sp³-hybridized carbons (Fsp3) is 1.00. The largest absolute Gasteiger partial charge is 0.311 e. The lowest BCUT2D eigenvalue weighted by Crippen LogP contribution is -2.36. The molecule has 0 aromatic rings. The van der Waals surface area contributed by atoms with Crippen molar-refractivity contribution in [3.8, 4) is 0 Å². The Morgan fingerprint density at radius 1 is 1.14 bits per heavy atom. The van der Waals surface area contributed by atoms with Gasteiger partial charge in [-0.05, 0) is 38.0 Å². The number of alkyl halides is 2. The predicted octanol–water partition coefficient (Wildman–Crippen LogP) is 2.81. The molecule has 0 aliphatic heterocycles. The van der Waals surface area contributed by atoms with Gasteiger partial charge in [-0.3, -0.25) is 0 Å². The molecule has 0 aromatic heterocycles. The number of nitrogens with one attached hydrogen (secondary N) is 1. The Kier molecular flexibility index (Phi) is 3.05. The maximum absolute atomic E-state index is 12.4. The van der Waals surface area contributed by atoms with Crippen LogP contribution in [0, 0.1) is 11.8 Å². The van der Waals surface area contributed by atoms with E-state index in [9.17, 15) is 8.78 Å². The standard InChI is InChI=1S/C11H19F2N/c1-7-6-10(7)14-9-4-2-8(3-5-9)11(12)13/h7-11,14H,2-6H2,1H3/t7-,8?,9?,10-/m1/s1. The summed E-state index contributed by atoms with van der Waals surface area (Å²) in [6.07, 6.45) is 2.47. The van der Waals surface area contributed by atoms with E-state index in [1.54, 1.807) is 0 Å². The van der Waals surface area contributed by atoms with Crippen LogP contribution in [-0.4, -0.2) is 18.5 Å². The smallest absolute Gasteiger partial charge is 0.241 e. The quantitative estimate of drug-likeness (QED) is 0.743. The molecule has 2 atom stereocenters. The van der Waals surface area contributed by atoms with E-state index in [-0.39, 0.29) is 5.92 Å². The Labute approximate surface area is 84.3 Å². The van der Waals surface area contributed by atoms with Crippen molar-refractivity contribution in [2.45, 2.75) is 57.5 Å². The summed E-state index contributed by atoms with van der Waals surface area (Å²) < 4.78 is 24.7. The van der Waals surface area contributed by atoms with Crippen molar-refractivity contribution in [3.63, 3.8) is 0 Å². The van der Waals surface area contributed by atoms with Crippen molar-refractivity contribution in [1.82, 2.24) is 5.32 Å². The molecule has 2 rings (SSSR count). The maximum Gasteiger partial charge on any atom is 0.241 e. The molecule has 2 fully saturated rings. The molecule has 0 saturated heterocycles. The topological polar surface area (TPSA) is 12.0 Å². The second-order valence-electron chi connectivity index (χ2n) is 4.93. The fourth-order valence-electron chi connectivity index (χ4n) is 2.39. The third-order valence-electron chi connectivity index (χ3n) is 3.69. The zero-order valence-corrected chi connectivity index (χ0v) is 8.68. The Morgan fingerprint density at radius 2 is 1.71 bits per heavy atom. The van der Waals surface area contributed by atoms with Gasteiger partial charge >= 0.3 is 0 Å². The number of hydrogen-bond donors (Lipinski definition) is 1. The third-order valence-corrected chi connectivity index (χ3v) is 3.69. The van der Waals surface area contributed by atoms with Crippen LogP contribution in [0.1, 0.15) is 39.0 Å². The van der Waals surface area contributed by atoms with Gasteiger partial charge in [-0.2, -0.15) is 0 Å². The molecule has 0 bridgehead atoms. The second kappa shape index (κ2) is 4.13. The molecule has 14 heavy (non-hydrogen) atoms. The van der Waals surface area contributed by atoms with E-state index in [0.29, 0.717) is 24.9 Å². The van der Waals surface area contributed by atoms with Gasteiger partial charge < -0.3 is 5.32 Å². The zero-order chi connectivity index (χ0) is 10.1. The van der Waals surface area contributed by atoms with Crippen LogP contribution in [0.25, 0.3) is 0 Å². The fourth-order valence-corrected chi connectivity index (χ4v) is 2.39. The average molecular weight is 203 g/mol. The second-order valence-corrected chi connectivity index (χ2v) is 4.93. The first-order chi connectivity index (χ1) is 6.66. The molecule has 0 spiro atoms. The molecule has 2 aliphatic rings. The summed E-state index contributed by atoms with van der Waals surface area (Å²) >= 11 is 0. The minimum atomic E-state index is -2.10. The molecule has 0 heterocycles. The molecule has 1 nitrogen and oxygen atoms in total. The Hall–Kier alpha value is -0.180. The van der Waals surface area contributed by atoms with Gasteiger partial charge in [0.25, 0.3) is 0 Å². The summed E-state index contributed by atoms with van der Waals surface area (Å²) in [6.45, 7) is 2.24. The molecule has 0 unspecified atom stereocenters. The minimum Gasteiger partial charge on any atom is -0.311 e. The minimum absolute atomic E-state index is 0.329. The van der Waals surface area contributed by atoms with E-state index in [1.165, 1.54) is 6.42 Å². The summed E-state index contributed by atoms with van der Waals surface area (Å²) in [4.78, 5) is 0. The van der Waals surface area contributed by atoms with Crippen molar-refractivity contribution in [1.29, 1.82) is 0 Å². The highest BCUT2D eigenvalue weighted by Crippen LogP contribution is 2.34. The number of halogens is 2. The van der Waals surface area contributed by atoms with Crippen molar-refractivity contribution < 1.29 is 8.78 Å². The first-order valence-electron chi connectivity index (χ1n) is 5.71. The van der Waals surface area contributed by atoms with Crippen LogP contribution in [-0.2, 0) is 0 Å². The van der Waals surface area contributed by atoms with Crippen molar-refractivity contribution in [3.05, 3.63) is 0 Å². The Balaban J connectivity index is 1.68. The van der Waals surface area contributed by atoms with Crippen LogP contribution in [0.3, 0.4) is 0 Å². The van der Waals surface area contributed by atoms with Gasteiger partial charge in [-0.15, -0.1) is 0 Å². The molecule has 2 saturated carbocycles. The first kappa shape index (κ1) is 10.3. The van der Waals surface area contributed by atoms with Gasteiger partial charge in [0.15, 0.2) is 0 Å². The van der Waals surface area contributed by atoms with Crippen LogP contribution in [0.15, 0.2) is 0 Å². The summed E-state index contributed by atoms with van der Waals surface area (Å²) in [7, 11) is 0. The SMILES string of the molecule is C[C@@H]1C[C@H]1NC1CCC(C(F)F)CC1. The van der Waals surface area contributed by atoms with E-state index in [2.05, 4.69) is 12.2 Å². The van der Waals surface area contributed by atoms with Crippen molar-refractivity contribution in [2.75, 3.05) is 0 Å². The summed E-state index contributed by atoms with van der Waals surface area (Å²) in [6, 6.07) is 1.20. The van der Waals surface area contributed by atoms with Crippen LogP contribution in [0.5, 0.6) is 0 Å². The lowest BCUT2D eigenvalue weighted by molar-refractivity contribution is 0.0505. The van der Waals surface area contributed by atoms with Gasteiger partial charge in [-0.1, -0.05) is 6.92 Å². The van der Waals surface area contributed by atoms with Gasteiger partial charge in [0.1, 0.15) is 0 Å². The normalized spacial score (nSPS) is 42.9. The Bertz CT molecular complexity index is 188. The van der Waals surface area contributed by atoms with Crippen LogP contribution >= 0.6 is 0 Å². The van der Waals surface area contributed by atoms with E-state index in [0.717, 1.165) is 18.8 Å². The van der Waals surface area contributed by atoms with E-state index in [4.69, 9.17) is 0 Å². The van der Waals surface area contributed by atoms with E-state index < -0.39 is 6.43 Å². The zero-order valence-electron chi connectivity index (χ0n) is 8.68. The van der Waals surface area contributed by atoms with E-state index >= 15 is 0 Å². The highest BCUT2D eigenvalue weighted by Gasteiger charge is 2.35. The van der Waals surface area contributed by atoms with Gasteiger partial charge in [0, 0.05) is 18.0 Å². The van der Waals surface area contributed by atoms with Gasteiger partial charge in [0.2, 0.25) is 6.43 Å². The van der Waals surface area contributed by atoms with Gasteiger partial charge in [-0.25, -0.2) is 8.78 Å². The lowest BCUT2D eigenvalue weighted by atomic mass is 9.86. The summed E-state index contributed by atoms with van der Waals surface area (Å²) in [5.74, 6) is 0.479. The summed E-state index contributed by atoms with van der Waals surface area (Å²) in [5, 5.41) is 3.56. The molecular weight excluding hydrogens is 184 g/mol. The molecule has 3 heteroatoms. The first-order valence-corrected chi connectivity index (χ1v) is 5.71. The van der Waals surface area contributed by atoms with Gasteiger partial charge in [0.05, 0.1) is 0 Å². The monoisotopic (exact) mass is 203 g/mol. The number of rotatable bonds is 3. The molecule has 0 aromatic carbocycles. The molecule has 1 N–H and O–H groups in total. The molecule has 2 aliphatic carbocycles. The van der Waals surface area contributed by atoms with Crippen LogP contribution in [0.4, 0.5) is 8.78 Å². The van der Waals surface area contributed by atoms with Crippen LogP contribution < -0.4 is 5.32 Å². The maximum atomic E-state index is 12.4. The van der Waals surface area contributed by atoms with Crippen molar-refractivity contribution >= 4 is 0 Å². The third kappa shape index (κ3) is 2.44. The highest BCUT2D eigenvalue weighted by molar-refractivity contribution is 4.93. The average Bonchev–Trinajstić information content (AvgIpc) is 2.82. The molecule has 82 valence electrons. The molecular formula is C11H19F2N. The van der Waals surface area contributed by atoms with Crippen molar-refractivity contribution in [2.24, 2.45) is 11.8 Å². The molecule has 0 radical (unpaired) electrons. The van der Waals surface area contributed by atoms with Crippen LogP contribution in [0.2, 0.25) is 0 Å². The lowest BCUT2D eigenvalue weighted by Gasteiger charge is -2.28. The van der Waals surface area contributed by atoms with E-state index in [1.807, 2.05) is 0 Å². The number of hydrogen-bond acceptors (Lipinski definition) is 1. The molecule has 0 amide bonds. The predicted molar refractivity (Wildman–Crippen MR) is 52.5 cm³/mol. The Morgan fingerprint density at radius 3 is 2.14 bits per heavy atom. The highest BCUT2D eigenvalue weighted by atomic mass is 19.3. The summed E-state index contributed by atoms with van der Waals surface area (Å²) in [5.41, 5.74) is 0.